The Kier molecular flexibility index (Phi) is 7.17. The third-order valence-corrected chi connectivity index (χ3v) is 7.58. The molecule has 2 heterocycles. The van der Waals surface area contributed by atoms with Crippen molar-refractivity contribution in [3.63, 3.8) is 0 Å². The van der Waals surface area contributed by atoms with Crippen LogP contribution in [0.25, 0.3) is 0 Å². The number of ketones is 1. The molecule has 0 aliphatic carbocycles. The second-order valence-electron chi connectivity index (χ2n) is 9.74. The van der Waals surface area contributed by atoms with E-state index in [0.717, 1.165) is 55.3 Å². The van der Waals surface area contributed by atoms with Gasteiger partial charge in [0.25, 0.3) is 0 Å². The van der Waals surface area contributed by atoms with Crippen molar-refractivity contribution in [2.75, 3.05) is 42.9 Å². The molecule has 1 N–H and O–H groups in total. The van der Waals surface area contributed by atoms with E-state index in [1.54, 1.807) is 16.9 Å². The van der Waals surface area contributed by atoms with Crippen LogP contribution in [0.3, 0.4) is 0 Å². The Labute approximate surface area is 217 Å². The fourth-order valence-corrected chi connectivity index (χ4v) is 5.64. The number of piperazine rings is 1. The van der Waals surface area contributed by atoms with Gasteiger partial charge in [-0.05, 0) is 26.0 Å². The number of nitrogens with zero attached hydrogens (tertiary/aromatic N) is 2. The Bertz CT molecular complexity index is 1200. The number of ether oxygens (including phenoxy) is 1. The minimum atomic E-state index is -0.106. The van der Waals surface area contributed by atoms with Crippen molar-refractivity contribution in [3.8, 4) is 5.75 Å². The summed E-state index contributed by atoms with van der Waals surface area (Å²) >= 11 is 1.60. The number of fused-ring (bicyclic) bond motifs is 1. The number of hydrogen-bond donors (Lipinski definition) is 1. The SMILES string of the molecule is CC(C)Oc1ccccc1N1CCN(Cc2cccc(C(=O)C3CNc4cc([AsH2])ccc43)c2)CC1. The molecule has 0 aromatic heterocycles. The summed E-state index contributed by atoms with van der Waals surface area (Å²) in [6.45, 7) is 9.56. The first-order valence-electron chi connectivity index (χ1n) is 12.5. The smallest absolute Gasteiger partial charge is 0.0307 e. The van der Waals surface area contributed by atoms with Gasteiger partial charge in [-0.15, -0.1) is 0 Å². The molecule has 2 aliphatic heterocycles. The summed E-state index contributed by atoms with van der Waals surface area (Å²) < 4.78 is 7.31. The Morgan fingerprint density at radius 3 is 2.63 bits per heavy atom. The predicted octanol–water partition coefficient (Wildman–Crippen LogP) is 3.45. The molecule has 2 aliphatic rings. The van der Waals surface area contributed by atoms with E-state index in [4.69, 9.17) is 4.74 Å². The number of hydrogen-bond acceptors (Lipinski definition) is 5. The van der Waals surface area contributed by atoms with Crippen molar-refractivity contribution in [1.82, 2.24) is 4.90 Å². The second-order valence-corrected chi connectivity index (χ2v) is 11.1. The van der Waals surface area contributed by atoms with Crippen molar-refractivity contribution >= 4 is 38.4 Å². The van der Waals surface area contributed by atoms with Crippen molar-refractivity contribution in [3.05, 3.63) is 83.4 Å². The molecule has 0 bridgehead atoms. The van der Waals surface area contributed by atoms with E-state index in [1.165, 1.54) is 15.6 Å². The minimum absolute atomic E-state index is 0.106. The van der Waals surface area contributed by atoms with Crippen molar-refractivity contribution in [2.45, 2.75) is 32.4 Å². The fourth-order valence-electron chi connectivity index (χ4n) is 5.09. The summed E-state index contributed by atoms with van der Waals surface area (Å²) in [5.74, 6) is 1.06. The molecule has 0 spiro atoms. The van der Waals surface area contributed by atoms with Crippen molar-refractivity contribution in [1.29, 1.82) is 0 Å². The summed E-state index contributed by atoms with van der Waals surface area (Å²) in [6.07, 6.45) is 0.158. The molecule has 5 rings (SSSR count). The van der Waals surface area contributed by atoms with Crippen LogP contribution in [0, 0.1) is 0 Å². The average molecular weight is 532 g/mol. The zero-order valence-electron chi connectivity index (χ0n) is 20.5. The van der Waals surface area contributed by atoms with Gasteiger partial charge in [0.1, 0.15) is 5.75 Å². The predicted molar refractivity (Wildman–Crippen MR) is 146 cm³/mol. The van der Waals surface area contributed by atoms with Gasteiger partial charge in [0.15, 0.2) is 0 Å². The first kappa shape index (κ1) is 24.0. The standard InChI is InChI=1S/C29H34AsN3O2/c1-20(2)35-28-9-4-3-8-27(28)33-14-12-32(13-15-33)19-21-6-5-7-22(16-21)29(34)25-18-31-26-17-23(30)10-11-24(25)26/h3-11,16-17,20,25,31H,12-15,18-19,30H2,1-2H3. The van der Waals surface area contributed by atoms with Gasteiger partial charge in [0.05, 0.1) is 11.8 Å². The van der Waals surface area contributed by atoms with Crippen molar-refractivity contribution in [2.24, 2.45) is 0 Å². The molecular formula is C29H34AsN3O2. The van der Waals surface area contributed by atoms with Gasteiger partial charge in [0.2, 0.25) is 0 Å². The van der Waals surface area contributed by atoms with Gasteiger partial charge in [-0.2, -0.15) is 0 Å². The molecule has 0 radical (unpaired) electrons. The van der Waals surface area contributed by atoms with E-state index in [9.17, 15) is 4.79 Å². The van der Waals surface area contributed by atoms with E-state index in [-0.39, 0.29) is 17.8 Å². The zero-order valence-corrected chi connectivity index (χ0v) is 23.0. The Balaban J connectivity index is 1.22. The third-order valence-electron chi connectivity index (χ3n) is 6.82. The van der Waals surface area contributed by atoms with Crippen LogP contribution in [0.2, 0.25) is 0 Å². The topological polar surface area (TPSA) is 44.8 Å². The van der Waals surface area contributed by atoms with Crippen LogP contribution < -0.4 is 19.3 Å². The van der Waals surface area contributed by atoms with Crippen molar-refractivity contribution < 1.29 is 9.53 Å². The summed E-state index contributed by atoms with van der Waals surface area (Å²) in [5.41, 5.74) is 5.42. The molecule has 2 atom stereocenters. The summed E-state index contributed by atoms with van der Waals surface area (Å²) in [6, 6.07) is 22.9. The number of Topliss-reactive ketones (excluding diaryl/α,β-unsaturated/α-hetero) is 1. The third kappa shape index (κ3) is 5.42. The number of nitrogens with one attached hydrogen (secondary N) is 1. The number of benzene rings is 3. The quantitative estimate of drug-likeness (QED) is 0.374. The zero-order chi connectivity index (χ0) is 24.4. The molecule has 3 aromatic rings. The van der Waals surface area contributed by atoms with Crippen LogP contribution in [-0.4, -0.2) is 66.4 Å². The molecule has 3 aromatic carbocycles. The normalized spacial score (nSPS) is 17.8. The molecule has 0 saturated carbocycles. The van der Waals surface area contributed by atoms with E-state index < -0.39 is 0 Å². The number of carbonyl (C=O) groups is 1. The Morgan fingerprint density at radius 1 is 1.03 bits per heavy atom. The van der Waals surface area contributed by atoms with Crippen LogP contribution in [0.1, 0.15) is 41.3 Å². The number of carbonyl (C=O) groups excluding carboxylic acids is 1. The molecule has 6 heteroatoms. The Morgan fingerprint density at radius 2 is 1.83 bits per heavy atom. The number of rotatable bonds is 7. The van der Waals surface area contributed by atoms with Crippen LogP contribution in [0.5, 0.6) is 5.75 Å². The monoisotopic (exact) mass is 531 g/mol. The summed E-state index contributed by atoms with van der Waals surface area (Å²) in [7, 11) is 0. The maximum atomic E-state index is 13.4. The van der Waals surface area contributed by atoms with Crippen LogP contribution in [-0.2, 0) is 6.54 Å². The van der Waals surface area contributed by atoms with Gasteiger partial charge in [0, 0.05) is 13.1 Å². The van der Waals surface area contributed by atoms with Gasteiger partial charge < -0.3 is 9.64 Å². The fraction of sp³-hybridized carbons (Fsp3) is 0.345. The Hall–Kier alpha value is -2.75. The maximum absolute atomic E-state index is 13.4. The van der Waals surface area contributed by atoms with Crippen LogP contribution in [0.15, 0.2) is 66.7 Å². The van der Waals surface area contributed by atoms with E-state index in [0.29, 0.717) is 6.54 Å². The first-order chi connectivity index (χ1) is 17.0. The first-order valence-corrected chi connectivity index (χ1v) is 13.7. The summed E-state index contributed by atoms with van der Waals surface area (Å²) in [4.78, 5) is 18.3. The molecular weight excluding hydrogens is 497 g/mol. The van der Waals surface area contributed by atoms with Crippen LogP contribution >= 0.6 is 0 Å². The average Bonchev–Trinajstić information content (AvgIpc) is 3.27. The molecule has 35 heavy (non-hydrogen) atoms. The van der Waals surface area contributed by atoms with Gasteiger partial charge in [-0.25, -0.2) is 0 Å². The molecule has 1 saturated heterocycles. The van der Waals surface area contributed by atoms with Gasteiger partial charge in [-0.3, -0.25) is 0 Å². The van der Waals surface area contributed by atoms with E-state index >= 15 is 0 Å². The molecule has 5 nitrogen and oxygen atoms in total. The molecule has 2 unspecified atom stereocenters. The number of anilines is 2. The van der Waals surface area contributed by atoms with Gasteiger partial charge >= 0.3 is 139 Å². The van der Waals surface area contributed by atoms with E-state index in [1.807, 2.05) is 18.2 Å². The number of para-hydroxylation sites is 2. The summed E-state index contributed by atoms with van der Waals surface area (Å²) in [5, 5.41) is 3.42. The minimum Gasteiger partial charge on any atom is 0.0307 e. The van der Waals surface area contributed by atoms with Gasteiger partial charge in [-0.1, -0.05) is 12.1 Å². The second kappa shape index (κ2) is 10.5. The van der Waals surface area contributed by atoms with E-state index in [2.05, 4.69) is 77.5 Å². The molecule has 182 valence electrons. The molecule has 0 amide bonds. The molecule has 1 fully saturated rings. The van der Waals surface area contributed by atoms with Crippen LogP contribution in [0.4, 0.5) is 11.4 Å².